The topological polar surface area (TPSA) is 84.9 Å². The van der Waals surface area contributed by atoms with E-state index in [4.69, 9.17) is 14.6 Å². The number of carboxylic acids is 1. The Morgan fingerprint density at radius 1 is 1.29 bits per heavy atom. The molecule has 21 heavy (non-hydrogen) atoms. The third-order valence-electron chi connectivity index (χ3n) is 3.13. The van der Waals surface area contributed by atoms with Gasteiger partial charge in [0.25, 0.3) is 5.91 Å². The van der Waals surface area contributed by atoms with E-state index in [-0.39, 0.29) is 29.9 Å². The van der Waals surface area contributed by atoms with E-state index in [1.807, 2.05) is 13.8 Å². The van der Waals surface area contributed by atoms with Crippen molar-refractivity contribution >= 4 is 11.9 Å². The van der Waals surface area contributed by atoms with E-state index >= 15 is 0 Å². The summed E-state index contributed by atoms with van der Waals surface area (Å²) in [5, 5.41) is 12.0. The Bertz CT molecular complexity index is 497. The molecule has 0 saturated heterocycles. The molecule has 0 aliphatic rings. The lowest BCUT2D eigenvalue weighted by Gasteiger charge is -2.15. The predicted octanol–water partition coefficient (Wildman–Crippen LogP) is 2.08. The molecule has 0 fully saturated rings. The summed E-state index contributed by atoms with van der Waals surface area (Å²) >= 11 is 0. The Hall–Kier alpha value is -2.24. The normalized spacial score (nSPS) is 10.3. The Morgan fingerprint density at radius 2 is 1.95 bits per heavy atom. The zero-order chi connectivity index (χ0) is 15.8. The van der Waals surface area contributed by atoms with Crippen molar-refractivity contribution < 1.29 is 24.2 Å². The SMILES string of the molecule is CCC(CC)NC(=O)COc1ccc(OC)cc1C(=O)O. The molecule has 0 atom stereocenters. The standard InChI is InChI=1S/C15H21NO5/c1-4-10(5-2)16-14(17)9-21-13-7-6-11(20-3)8-12(13)15(18)19/h6-8,10H,4-5,9H2,1-3H3,(H,16,17)(H,18,19). The molecule has 0 aromatic heterocycles. The molecule has 6 heteroatoms. The molecular weight excluding hydrogens is 274 g/mol. The number of nitrogens with one attached hydrogen (secondary N) is 1. The molecule has 1 rings (SSSR count). The highest BCUT2D eigenvalue weighted by atomic mass is 16.5. The predicted molar refractivity (Wildman–Crippen MR) is 78.0 cm³/mol. The number of ether oxygens (including phenoxy) is 2. The number of carboxylic acid groups (broad SMARTS) is 1. The van der Waals surface area contributed by atoms with Gasteiger partial charge in [-0.3, -0.25) is 4.79 Å². The Morgan fingerprint density at radius 3 is 2.48 bits per heavy atom. The Labute approximate surface area is 124 Å². The number of hydrogen-bond donors (Lipinski definition) is 2. The first-order valence-corrected chi connectivity index (χ1v) is 6.85. The second-order valence-electron chi connectivity index (χ2n) is 4.54. The van der Waals surface area contributed by atoms with E-state index in [9.17, 15) is 9.59 Å². The number of methoxy groups -OCH3 is 1. The van der Waals surface area contributed by atoms with Crippen LogP contribution in [-0.4, -0.2) is 36.7 Å². The molecule has 0 radical (unpaired) electrons. The first-order chi connectivity index (χ1) is 10.0. The largest absolute Gasteiger partial charge is 0.497 e. The van der Waals surface area contributed by atoms with Gasteiger partial charge in [-0.2, -0.15) is 0 Å². The van der Waals surface area contributed by atoms with Gasteiger partial charge in [0.15, 0.2) is 6.61 Å². The highest BCUT2D eigenvalue weighted by molar-refractivity contribution is 5.91. The van der Waals surface area contributed by atoms with Gasteiger partial charge in [0.05, 0.1) is 7.11 Å². The molecule has 0 spiro atoms. The first kappa shape index (κ1) is 16.8. The van der Waals surface area contributed by atoms with Crippen LogP contribution in [0.1, 0.15) is 37.0 Å². The van der Waals surface area contributed by atoms with Gasteiger partial charge in [-0.15, -0.1) is 0 Å². The molecule has 0 bridgehead atoms. The molecule has 1 amide bonds. The van der Waals surface area contributed by atoms with E-state index in [1.54, 1.807) is 6.07 Å². The fourth-order valence-electron chi connectivity index (χ4n) is 1.83. The number of hydrogen-bond acceptors (Lipinski definition) is 4. The summed E-state index contributed by atoms with van der Waals surface area (Å²) in [6, 6.07) is 4.53. The van der Waals surface area contributed by atoms with Crippen LogP contribution in [0.5, 0.6) is 11.5 Å². The van der Waals surface area contributed by atoms with Crippen LogP contribution in [-0.2, 0) is 4.79 Å². The number of carbonyl (C=O) groups is 2. The first-order valence-electron chi connectivity index (χ1n) is 6.85. The molecule has 0 heterocycles. The van der Waals surface area contributed by atoms with Crippen molar-refractivity contribution in [2.24, 2.45) is 0 Å². The number of rotatable bonds is 8. The molecule has 0 aliphatic carbocycles. The smallest absolute Gasteiger partial charge is 0.339 e. The minimum atomic E-state index is -1.13. The Balaban J connectivity index is 2.70. The van der Waals surface area contributed by atoms with Crippen LogP contribution in [0, 0.1) is 0 Å². The Kier molecular flexibility index (Phi) is 6.52. The summed E-state index contributed by atoms with van der Waals surface area (Å²) in [5.41, 5.74) is -0.0373. The summed E-state index contributed by atoms with van der Waals surface area (Å²) in [4.78, 5) is 22.9. The molecule has 6 nitrogen and oxygen atoms in total. The number of benzene rings is 1. The summed E-state index contributed by atoms with van der Waals surface area (Å²) in [6.45, 7) is 3.76. The van der Waals surface area contributed by atoms with Crippen molar-refractivity contribution in [1.29, 1.82) is 0 Å². The average molecular weight is 295 g/mol. The lowest BCUT2D eigenvalue weighted by Crippen LogP contribution is -2.37. The van der Waals surface area contributed by atoms with E-state index < -0.39 is 5.97 Å². The third-order valence-corrected chi connectivity index (χ3v) is 3.13. The second kappa shape index (κ2) is 8.14. The summed E-state index contributed by atoms with van der Waals surface area (Å²) in [5.74, 6) is -0.843. The zero-order valence-electron chi connectivity index (χ0n) is 12.5. The van der Waals surface area contributed by atoms with Crippen LogP contribution in [0.2, 0.25) is 0 Å². The quantitative estimate of drug-likeness (QED) is 0.767. The highest BCUT2D eigenvalue weighted by Crippen LogP contribution is 2.24. The van der Waals surface area contributed by atoms with Crippen molar-refractivity contribution in [2.75, 3.05) is 13.7 Å². The van der Waals surface area contributed by atoms with Gasteiger partial charge < -0.3 is 19.9 Å². The fourth-order valence-corrected chi connectivity index (χ4v) is 1.83. The molecular formula is C15H21NO5. The van der Waals surface area contributed by atoms with Crippen molar-refractivity contribution in [2.45, 2.75) is 32.7 Å². The third kappa shape index (κ3) is 4.98. The van der Waals surface area contributed by atoms with Crippen molar-refractivity contribution in [3.63, 3.8) is 0 Å². The molecule has 2 N–H and O–H groups in total. The van der Waals surface area contributed by atoms with Gasteiger partial charge in [-0.05, 0) is 31.0 Å². The minimum Gasteiger partial charge on any atom is -0.497 e. The molecule has 0 saturated carbocycles. The van der Waals surface area contributed by atoms with E-state index in [0.29, 0.717) is 5.75 Å². The fraction of sp³-hybridized carbons (Fsp3) is 0.467. The van der Waals surface area contributed by atoms with Gasteiger partial charge in [-0.1, -0.05) is 13.8 Å². The second-order valence-corrected chi connectivity index (χ2v) is 4.54. The zero-order valence-corrected chi connectivity index (χ0v) is 12.5. The van der Waals surface area contributed by atoms with Crippen LogP contribution in [0.15, 0.2) is 18.2 Å². The molecule has 0 unspecified atom stereocenters. The number of amides is 1. The van der Waals surface area contributed by atoms with Gasteiger partial charge in [0, 0.05) is 6.04 Å². The van der Waals surface area contributed by atoms with Crippen LogP contribution in [0.4, 0.5) is 0 Å². The van der Waals surface area contributed by atoms with Gasteiger partial charge in [0.1, 0.15) is 17.1 Å². The molecule has 116 valence electrons. The van der Waals surface area contributed by atoms with Crippen LogP contribution in [0.25, 0.3) is 0 Å². The minimum absolute atomic E-state index is 0.0373. The highest BCUT2D eigenvalue weighted by Gasteiger charge is 2.15. The maximum Gasteiger partial charge on any atom is 0.339 e. The van der Waals surface area contributed by atoms with E-state index in [0.717, 1.165) is 12.8 Å². The lowest BCUT2D eigenvalue weighted by molar-refractivity contribution is -0.123. The number of aromatic carboxylic acids is 1. The molecule has 0 aliphatic heterocycles. The monoisotopic (exact) mass is 295 g/mol. The lowest BCUT2D eigenvalue weighted by atomic mass is 10.2. The van der Waals surface area contributed by atoms with Crippen LogP contribution >= 0.6 is 0 Å². The average Bonchev–Trinajstić information content (AvgIpc) is 2.50. The van der Waals surface area contributed by atoms with Crippen LogP contribution in [0.3, 0.4) is 0 Å². The van der Waals surface area contributed by atoms with E-state index in [2.05, 4.69) is 5.32 Å². The van der Waals surface area contributed by atoms with Crippen molar-refractivity contribution in [1.82, 2.24) is 5.32 Å². The maximum atomic E-state index is 11.7. The maximum absolute atomic E-state index is 11.7. The van der Waals surface area contributed by atoms with Gasteiger partial charge >= 0.3 is 5.97 Å². The molecule has 1 aromatic rings. The van der Waals surface area contributed by atoms with E-state index in [1.165, 1.54) is 19.2 Å². The summed E-state index contributed by atoms with van der Waals surface area (Å²) in [6.07, 6.45) is 1.68. The van der Waals surface area contributed by atoms with Crippen LogP contribution < -0.4 is 14.8 Å². The summed E-state index contributed by atoms with van der Waals surface area (Å²) in [7, 11) is 1.45. The van der Waals surface area contributed by atoms with Crippen molar-refractivity contribution in [3.8, 4) is 11.5 Å². The molecule has 1 aromatic carbocycles. The summed E-state index contributed by atoms with van der Waals surface area (Å²) < 4.78 is 10.3. The van der Waals surface area contributed by atoms with Gasteiger partial charge in [0.2, 0.25) is 0 Å². The number of carbonyl (C=O) groups excluding carboxylic acids is 1. The van der Waals surface area contributed by atoms with Gasteiger partial charge in [-0.25, -0.2) is 4.79 Å². The van der Waals surface area contributed by atoms with Crippen molar-refractivity contribution in [3.05, 3.63) is 23.8 Å².